The third-order valence-corrected chi connectivity index (χ3v) is 3.78. The second-order valence-corrected chi connectivity index (χ2v) is 6.96. The van der Waals surface area contributed by atoms with Gasteiger partial charge in [0.05, 0.1) is 0 Å². The molecule has 22 heavy (non-hydrogen) atoms. The minimum Gasteiger partial charge on any atom is -0.444 e. The van der Waals surface area contributed by atoms with Crippen LogP contribution in [0.2, 0.25) is 0 Å². The van der Waals surface area contributed by atoms with E-state index in [0.717, 1.165) is 31.5 Å². The van der Waals surface area contributed by atoms with Crippen LogP contribution in [0.4, 0.5) is 9.18 Å². The topological polar surface area (TPSA) is 50.4 Å². The first-order valence-corrected chi connectivity index (χ1v) is 7.74. The van der Waals surface area contributed by atoms with Crippen LogP contribution in [0.1, 0.15) is 39.2 Å². The summed E-state index contributed by atoms with van der Waals surface area (Å²) < 4.78 is 18.4. The van der Waals surface area contributed by atoms with Crippen molar-refractivity contribution >= 4 is 6.09 Å². The number of benzene rings is 1. The van der Waals surface area contributed by atoms with Crippen molar-refractivity contribution in [2.45, 2.75) is 51.2 Å². The molecule has 1 aromatic carbocycles. The Hall–Kier alpha value is -1.62. The van der Waals surface area contributed by atoms with E-state index in [1.54, 1.807) is 12.1 Å². The van der Waals surface area contributed by atoms with Gasteiger partial charge in [-0.2, -0.15) is 0 Å². The molecule has 1 amide bonds. The second kappa shape index (κ2) is 6.65. The average Bonchev–Trinajstić information content (AvgIpc) is 2.40. The van der Waals surface area contributed by atoms with E-state index in [4.69, 9.17) is 4.74 Å². The number of alkyl carbamates (subject to hydrolysis) is 1. The van der Waals surface area contributed by atoms with Gasteiger partial charge in [0.2, 0.25) is 0 Å². The lowest BCUT2D eigenvalue weighted by Gasteiger charge is -2.39. The van der Waals surface area contributed by atoms with Crippen molar-refractivity contribution in [3.05, 3.63) is 35.6 Å². The summed E-state index contributed by atoms with van der Waals surface area (Å²) in [7, 11) is 0. The predicted octanol–water partition coefficient (Wildman–Crippen LogP) is 3.02. The van der Waals surface area contributed by atoms with Crippen molar-refractivity contribution in [2.75, 3.05) is 13.1 Å². The normalized spacial score (nSPS) is 17.8. The largest absolute Gasteiger partial charge is 0.444 e. The number of carbonyl (C=O) groups is 1. The van der Waals surface area contributed by atoms with Gasteiger partial charge in [-0.05, 0) is 70.8 Å². The fraction of sp³-hybridized carbons (Fsp3) is 0.588. The second-order valence-electron chi connectivity index (χ2n) is 6.96. The van der Waals surface area contributed by atoms with Crippen LogP contribution in [0.15, 0.2) is 24.3 Å². The van der Waals surface area contributed by atoms with Gasteiger partial charge in [-0.3, -0.25) is 0 Å². The number of rotatable bonds is 3. The number of piperidine rings is 1. The molecule has 1 aliphatic rings. The summed E-state index contributed by atoms with van der Waals surface area (Å²) >= 11 is 0. The van der Waals surface area contributed by atoms with Crippen molar-refractivity contribution < 1.29 is 13.9 Å². The lowest BCUT2D eigenvalue weighted by Crippen LogP contribution is -2.56. The van der Waals surface area contributed by atoms with Gasteiger partial charge in [0.15, 0.2) is 0 Å². The monoisotopic (exact) mass is 308 g/mol. The molecular weight excluding hydrogens is 283 g/mol. The Morgan fingerprint density at radius 3 is 2.41 bits per heavy atom. The van der Waals surface area contributed by atoms with Crippen molar-refractivity contribution in [1.29, 1.82) is 0 Å². The van der Waals surface area contributed by atoms with Gasteiger partial charge in [-0.15, -0.1) is 0 Å². The summed E-state index contributed by atoms with van der Waals surface area (Å²) in [5.41, 5.74) is 0.152. The van der Waals surface area contributed by atoms with Gasteiger partial charge in [0.1, 0.15) is 11.4 Å². The molecule has 0 aliphatic carbocycles. The summed E-state index contributed by atoms with van der Waals surface area (Å²) in [5.74, 6) is -0.247. The van der Waals surface area contributed by atoms with Crippen LogP contribution < -0.4 is 10.6 Å². The zero-order chi connectivity index (χ0) is 16.2. The van der Waals surface area contributed by atoms with Gasteiger partial charge in [-0.1, -0.05) is 12.1 Å². The van der Waals surface area contributed by atoms with Crippen LogP contribution in [0.25, 0.3) is 0 Å². The molecule has 0 spiro atoms. The molecule has 0 radical (unpaired) electrons. The van der Waals surface area contributed by atoms with Crippen LogP contribution >= 0.6 is 0 Å². The molecule has 0 unspecified atom stereocenters. The number of ether oxygens (including phenoxy) is 1. The lowest BCUT2D eigenvalue weighted by atomic mass is 9.82. The van der Waals surface area contributed by atoms with Crippen LogP contribution in [0.5, 0.6) is 0 Å². The number of halogens is 1. The maximum atomic E-state index is 13.1. The molecule has 0 atom stereocenters. The number of hydrogen-bond donors (Lipinski definition) is 2. The quantitative estimate of drug-likeness (QED) is 0.902. The summed E-state index contributed by atoms with van der Waals surface area (Å²) in [6, 6.07) is 6.46. The zero-order valence-electron chi connectivity index (χ0n) is 13.5. The summed E-state index contributed by atoms with van der Waals surface area (Å²) in [4.78, 5) is 12.2. The highest BCUT2D eigenvalue weighted by Crippen LogP contribution is 2.24. The molecule has 0 bridgehead atoms. The molecule has 0 aromatic heterocycles. The minimum absolute atomic E-state index is 0.247. The van der Waals surface area contributed by atoms with Crippen molar-refractivity contribution in [3.63, 3.8) is 0 Å². The molecule has 2 rings (SSSR count). The number of nitrogens with one attached hydrogen (secondary N) is 2. The van der Waals surface area contributed by atoms with Crippen LogP contribution in [-0.4, -0.2) is 30.3 Å². The predicted molar refractivity (Wildman–Crippen MR) is 84.3 cm³/mol. The number of hydrogen-bond acceptors (Lipinski definition) is 3. The number of amides is 1. The maximum absolute atomic E-state index is 13.1. The summed E-state index contributed by atoms with van der Waals surface area (Å²) in [6.45, 7) is 7.24. The molecule has 1 aromatic rings. The average molecular weight is 308 g/mol. The van der Waals surface area contributed by atoms with E-state index in [1.807, 2.05) is 20.8 Å². The molecule has 5 heteroatoms. The van der Waals surface area contributed by atoms with Crippen molar-refractivity contribution in [3.8, 4) is 0 Å². The van der Waals surface area contributed by atoms with Crippen molar-refractivity contribution in [2.24, 2.45) is 0 Å². The lowest BCUT2D eigenvalue weighted by molar-refractivity contribution is 0.0430. The zero-order valence-corrected chi connectivity index (χ0v) is 13.5. The Labute approximate surface area is 131 Å². The van der Waals surface area contributed by atoms with Gasteiger partial charge < -0.3 is 15.4 Å². The Balaban J connectivity index is 2.10. The smallest absolute Gasteiger partial charge is 0.408 e. The summed E-state index contributed by atoms with van der Waals surface area (Å²) in [6.07, 6.45) is 1.93. The third-order valence-electron chi connectivity index (χ3n) is 3.78. The fourth-order valence-electron chi connectivity index (χ4n) is 2.76. The van der Waals surface area contributed by atoms with Gasteiger partial charge in [-0.25, -0.2) is 9.18 Å². The molecule has 1 fully saturated rings. The van der Waals surface area contributed by atoms with Crippen molar-refractivity contribution in [1.82, 2.24) is 10.6 Å². The maximum Gasteiger partial charge on any atom is 0.408 e. The van der Waals surface area contributed by atoms with Gasteiger partial charge in [0, 0.05) is 5.54 Å². The molecular formula is C17H25FN2O2. The molecule has 122 valence electrons. The van der Waals surface area contributed by atoms with Crippen LogP contribution in [-0.2, 0) is 11.2 Å². The molecule has 2 N–H and O–H groups in total. The van der Waals surface area contributed by atoms with E-state index in [0.29, 0.717) is 6.42 Å². The summed E-state index contributed by atoms with van der Waals surface area (Å²) in [5, 5.41) is 6.36. The highest BCUT2D eigenvalue weighted by Gasteiger charge is 2.35. The minimum atomic E-state index is -0.520. The molecule has 1 aliphatic heterocycles. The first-order chi connectivity index (χ1) is 10.3. The van der Waals surface area contributed by atoms with Gasteiger partial charge in [0.25, 0.3) is 0 Å². The van der Waals surface area contributed by atoms with Crippen LogP contribution in [0, 0.1) is 5.82 Å². The third kappa shape index (κ3) is 4.98. The molecule has 4 nitrogen and oxygen atoms in total. The highest BCUT2D eigenvalue weighted by molar-refractivity contribution is 5.69. The first kappa shape index (κ1) is 16.7. The van der Waals surface area contributed by atoms with E-state index in [-0.39, 0.29) is 11.4 Å². The molecule has 0 saturated carbocycles. The Kier molecular flexibility index (Phi) is 5.06. The standard InChI is InChI=1S/C17H25FN2O2/c1-16(2,3)22-15(21)20-17(8-10-19-11-9-17)12-13-4-6-14(18)7-5-13/h4-7,19H,8-12H2,1-3H3,(H,20,21). The Morgan fingerprint density at radius 2 is 1.86 bits per heavy atom. The van der Waals surface area contributed by atoms with Gasteiger partial charge >= 0.3 is 6.09 Å². The van der Waals surface area contributed by atoms with E-state index < -0.39 is 11.7 Å². The molecule has 1 heterocycles. The fourth-order valence-corrected chi connectivity index (χ4v) is 2.76. The number of carbonyl (C=O) groups excluding carboxylic acids is 1. The van der Waals surface area contributed by atoms with E-state index in [1.165, 1.54) is 12.1 Å². The van der Waals surface area contributed by atoms with E-state index in [2.05, 4.69) is 10.6 Å². The first-order valence-electron chi connectivity index (χ1n) is 7.74. The van der Waals surface area contributed by atoms with E-state index >= 15 is 0 Å². The Morgan fingerprint density at radius 1 is 1.27 bits per heavy atom. The highest BCUT2D eigenvalue weighted by atomic mass is 19.1. The SMILES string of the molecule is CC(C)(C)OC(=O)NC1(Cc2ccc(F)cc2)CCNCC1. The molecule has 1 saturated heterocycles. The van der Waals surface area contributed by atoms with Crippen LogP contribution in [0.3, 0.4) is 0 Å². The van der Waals surface area contributed by atoms with E-state index in [9.17, 15) is 9.18 Å². The Bertz CT molecular complexity index is 502.